The third-order valence-corrected chi connectivity index (χ3v) is 9.50. The third-order valence-electron chi connectivity index (χ3n) is 3.07. The van der Waals surface area contributed by atoms with Gasteiger partial charge in [-0.15, -0.1) is 0 Å². The van der Waals surface area contributed by atoms with Crippen LogP contribution in [0, 0.1) is 0 Å². The Labute approximate surface area is 125 Å². The zero-order valence-corrected chi connectivity index (χ0v) is 16.3. The number of hydrogen-bond donors (Lipinski definition) is 0. The molecule has 1 atom stereocenters. The second kappa shape index (κ2) is 5.95. The Morgan fingerprint density at radius 3 is 2.25 bits per heavy atom. The van der Waals surface area contributed by atoms with Crippen LogP contribution in [-0.2, 0) is 14.3 Å². The van der Waals surface area contributed by atoms with Crippen molar-refractivity contribution in [2.24, 2.45) is 0 Å². The van der Waals surface area contributed by atoms with Crippen LogP contribution in [0.5, 0.6) is 0 Å². The van der Waals surface area contributed by atoms with E-state index in [1.165, 1.54) is 15.6 Å². The number of carbonyl (C=O) groups is 2. The molecular formula is C14H25NO4Sn. The summed E-state index contributed by atoms with van der Waals surface area (Å²) in [5.41, 5.74) is -0.578. The monoisotopic (exact) mass is 391 g/mol. The van der Waals surface area contributed by atoms with Crippen molar-refractivity contribution in [2.45, 2.75) is 47.2 Å². The molecule has 6 heteroatoms. The summed E-state index contributed by atoms with van der Waals surface area (Å²) in [4.78, 5) is 32.4. The third kappa shape index (κ3) is 4.39. The molecule has 0 fully saturated rings. The molecule has 0 N–H and O–H groups in total. The van der Waals surface area contributed by atoms with Gasteiger partial charge in [-0.2, -0.15) is 0 Å². The normalized spacial score (nSPS) is 19.6. The summed E-state index contributed by atoms with van der Waals surface area (Å²) in [6.07, 6.45) is 1.43. The molecule has 20 heavy (non-hydrogen) atoms. The van der Waals surface area contributed by atoms with E-state index in [1.54, 1.807) is 0 Å². The first-order chi connectivity index (χ1) is 8.95. The molecule has 1 aliphatic heterocycles. The van der Waals surface area contributed by atoms with Gasteiger partial charge in [0, 0.05) is 0 Å². The van der Waals surface area contributed by atoms with Crippen LogP contribution in [0.4, 0.5) is 4.79 Å². The molecule has 0 aromatic carbocycles. The molecule has 0 radical (unpaired) electrons. The summed E-state index contributed by atoms with van der Waals surface area (Å²) >= 11 is -2.31. The van der Waals surface area contributed by atoms with Gasteiger partial charge in [-0.05, 0) is 0 Å². The van der Waals surface area contributed by atoms with Gasteiger partial charge in [0.15, 0.2) is 0 Å². The number of amides is 1. The van der Waals surface area contributed by atoms with Gasteiger partial charge >= 0.3 is 125 Å². The Kier molecular flexibility index (Phi) is 5.16. The summed E-state index contributed by atoms with van der Waals surface area (Å²) in [6.45, 7) is 5.91. The number of carbonyl (C=O) groups excluding carboxylic acids is 2. The van der Waals surface area contributed by atoms with Crippen molar-refractivity contribution in [1.29, 1.82) is 0 Å². The maximum atomic E-state index is 12.3. The fraction of sp³-hybridized carbons (Fsp3) is 0.714. The van der Waals surface area contributed by atoms with Crippen LogP contribution in [0.2, 0.25) is 14.8 Å². The summed E-state index contributed by atoms with van der Waals surface area (Å²) in [5, 5.41) is 0. The SMILES string of the molecule is COC(=O)[C@@H]1C=[C]([Sn]([CH3])([CH3])[CH3])CN1C(=O)OC(C)(C)C. The Balaban J connectivity index is 2.97. The van der Waals surface area contributed by atoms with Crippen LogP contribution >= 0.6 is 0 Å². The predicted octanol–water partition coefficient (Wildman–Crippen LogP) is 2.58. The Morgan fingerprint density at radius 2 is 1.85 bits per heavy atom. The first-order valence-electron chi connectivity index (χ1n) is 6.74. The van der Waals surface area contributed by atoms with E-state index in [1.807, 2.05) is 26.8 Å². The second-order valence-electron chi connectivity index (χ2n) is 7.02. The Morgan fingerprint density at radius 1 is 1.30 bits per heavy atom. The first kappa shape index (κ1) is 17.3. The van der Waals surface area contributed by atoms with Crippen molar-refractivity contribution in [3.63, 3.8) is 0 Å². The molecule has 0 saturated heterocycles. The van der Waals surface area contributed by atoms with Gasteiger partial charge in [0.1, 0.15) is 0 Å². The molecule has 0 bridgehead atoms. The van der Waals surface area contributed by atoms with Crippen LogP contribution in [0.15, 0.2) is 9.67 Å². The molecule has 0 spiro atoms. The molecule has 1 aliphatic rings. The van der Waals surface area contributed by atoms with Crippen molar-refractivity contribution >= 4 is 30.4 Å². The van der Waals surface area contributed by atoms with Crippen molar-refractivity contribution < 1.29 is 19.1 Å². The summed E-state index contributed by atoms with van der Waals surface area (Å²) in [7, 11) is 1.34. The minimum absolute atomic E-state index is 0.415. The van der Waals surface area contributed by atoms with Crippen LogP contribution in [0.3, 0.4) is 0 Å². The molecule has 1 heterocycles. The Bertz CT molecular complexity index is 431. The number of ether oxygens (including phenoxy) is 2. The van der Waals surface area contributed by atoms with Crippen LogP contribution < -0.4 is 0 Å². The van der Waals surface area contributed by atoms with E-state index in [0.29, 0.717) is 6.54 Å². The van der Waals surface area contributed by atoms with Gasteiger partial charge in [0.25, 0.3) is 0 Å². The number of esters is 1. The molecule has 114 valence electrons. The van der Waals surface area contributed by atoms with Gasteiger partial charge in [-0.25, -0.2) is 0 Å². The van der Waals surface area contributed by atoms with E-state index >= 15 is 0 Å². The molecule has 0 aliphatic carbocycles. The van der Waals surface area contributed by atoms with E-state index in [9.17, 15) is 9.59 Å². The second-order valence-corrected chi connectivity index (χ2v) is 21.7. The van der Waals surface area contributed by atoms with E-state index < -0.39 is 42.1 Å². The zero-order valence-electron chi connectivity index (χ0n) is 13.4. The van der Waals surface area contributed by atoms with Crippen LogP contribution in [0.25, 0.3) is 0 Å². The molecule has 5 nitrogen and oxygen atoms in total. The topological polar surface area (TPSA) is 55.8 Å². The summed E-state index contributed by atoms with van der Waals surface area (Å²) < 4.78 is 11.4. The van der Waals surface area contributed by atoms with E-state index in [-0.39, 0.29) is 0 Å². The van der Waals surface area contributed by atoms with E-state index in [0.717, 1.165) is 0 Å². The van der Waals surface area contributed by atoms with Crippen LogP contribution in [0.1, 0.15) is 20.8 Å². The molecule has 0 aromatic rings. The molecule has 1 amide bonds. The van der Waals surface area contributed by atoms with Crippen molar-refractivity contribution in [2.75, 3.05) is 13.7 Å². The van der Waals surface area contributed by atoms with E-state index in [4.69, 9.17) is 9.47 Å². The summed E-state index contributed by atoms with van der Waals surface area (Å²) in [5.74, 6) is -0.415. The van der Waals surface area contributed by atoms with Gasteiger partial charge in [-0.1, -0.05) is 0 Å². The fourth-order valence-corrected chi connectivity index (χ4v) is 5.63. The average molecular weight is 390 g/mol. The molecule has 0 aromatic heterocycles. The molecule has 1 rings (SSSR count). The number of nitrogens with zero attached hydrogens (tertiary/aromatic N) is 1. The minimum atomic E-state index is -2.31. The van der Waals surface area contributed by atoms with Crippen molar-refractivity contribution in [3.8, 4) is 0 Å². The standard InChI is InChI=1S/C11H16NO4.3CH3.Sn/c1-11(2,3)16-10(14)12-7-5-6-8(12)9(13)15-4;;;;/h6,8H,7H2,1-4H3;3*1H3;/t8-;;;;/m0..../s1. The van der Waals surface area contributed by atoms with Gasteiger partial charge in [0.2, 0.25) is 0 Å². The molecule has 0 saturated carbocycles. The zero-order chi connectivity index (χ0) is 15.7. The predicted molar refractivity (Wildman–Crippen MR) is 80.2 cm³/mol. The van der Waals surface area contributed by atoms with Crippen molar-refractivity contribution in [1.82, 2.24) is 4.90 Å². The van der Waals surface area contributed by atoms with Gasteiger partial charge < -0.3 is 0 Å². The Hall–Kier alpha value is -0.721. The molecular weight excluding hydrogens is 365 g/mol. The van der Waals surface area contributed by atoms with E-state index in [2.05, 4.69) is 14.8 Å². The quantitative estimate of drug-likeness (QED) is 0.538. The average Bonchev–Trinajstić information content (AvgIpc) is 2.69. The molecule has 0 unspecified atom stereocenters. The van der Waals surface area contributed by atoms with Gasteiger partial charge in [-0.3, -0.25) is 0 Å². The number of hydrogen-bond acceptors (Lipinski definition) is 4. The van der Waals surface area contributed by atoms with Crippen molar-refractivity contribution in [3.05, 3.63) is 9.67 Å². The maximum absolute atomic E-state index is 12.3. The number of rotatable bonds is 2. The fourth-order valence-electron chi connectivity index (χ4n) is 1.92. The van der Waals surface area contributed by atoms with Gasteiger partial charge in [0.05, 0.1) is 0 Å². The first-order valence-corrected chi connectivity index (χ1v) is 16.7. The number of methoxy groups -OCH3 is 1. The van der Waals surface area contributed by atoms with Crippen LogP contribution in [-0.4, -0.2) is 60.6 Å². The summed E-state index contributed by atoms with van der Waals surface area (Å²) in [6, 6.07) is -0.652.